The Labute approximate surface area is 126 Å². The van der Waals surface area contributed by atoms with Gasteiger partial charge in [0.25, 0.3) is 11.8 Å². The minimum atomic E-state index is -0.574. The van der Waals surface area contributed by atoms with Crippen LogP contribution in [0.25, 0.3) is 0 Å². The van der Waals surface area contributed by atoms with Gasteiger partial charge >= 0.3 is 5.97 Å². The number of rotatable bonds is 2. The monoisotopic (exact) mass is 301 g/mol. The van der Waals surface area contributed by atoms with Gasteiger partial charge in [-0.15, -0.1) is 0 Å². The fraction of sp³-hybridized carbons (Fsp3) is 0.438. The highest BCUT2D eigenvalue weighted by atomic mass is 16.7. The molecule has 0 aromatic heterocycles. The normalized spacial score (nSPS) is 29.6. The lowest BCUT2D eigenvalue weighted by Gasteiger charge is -2.16. The molecule has 2 heterocycles. The Morgan fingerprint density at radius 3 is 2.14 bits per heavy atom. The van der Waals surface area contributed by atoms with Gasteiger partial charge in [0.05, 0.1) is 17.0 Å². The average Bonchev–Trinajstić information content (AvgIpc) is 3.17. The van der Waals surface area contributed by atoms with Crippen molar-refractivity contribution in [2.45, 2.75) is 12.8 Å². The topological polar surface area (TPSA) is 72.9 Å². The van der Waals surface area contributed by atoms with Crippen LogP contribution in [0.4, 0.5) is 0 Å². The van der Waals surface area contributed by atoms with E-state index in [1.54, 1.807) is 24.3 Å². The molecule has 1 saturated heterocycles. The van der Waals surface area contributed by atoms with E-state index in [2.05, 4.69) is 0 Å². The molecule has 2 atom stereocenters. The van der Waals surface area contributed by atoms with Crippen LogP contribution in [0.15, 0.2) is 24.3 Å². The minimum Gasteiger partial charge on any atom is -0.381 e. The van der Waals surface area contributed by atoms with Crippen LogP contribution in [0, 0.1) is 17.8 Å². The summed E-state index contributed by atoms with van der Waals surface area (Å²) in [4.78, 5) is 41.7. The second-order valence-electron chi connectivity index (χ2n) is 6.09. The van der Waals surface area contributed by atoms with Crippen molar-refractivity contribution >= 4 is 17.8 Å². The molecule has 3 aliphatic rings. The quantitative estimate of drug-likeness (QED) is 0.772. The number of hydrogen-bond donors (Lipinski definition) is 0. The van der Waals surface area contributed by atoms with Crippen molar-refractivity contribution in [3.05, 3.63) is 35.4 Å². The molecule has 1 aromatic carbocycles. The zero-order valence-corrected chi connectivity index (χ0v) is 11.9. The molecule has 114 valence electrons. The van der Waals surface area contributed by atoms with Crippen LogP contribution in [0.3, 0.4) is 0 Å². The van der Waals surface area contributed by atoms with E-state index >= 15 is 0 Å². The SMILES string of the molecule is O=C(ON1C(=O)c2ccccc2C1=O)C1CC2COCC2C1. The Hall–Kier alpha value is -2.21. The summed E-state index contributed by atoms with van der Waals surface area (Å²) in [6.07, 6.45) is 1.40. The van der Waals surface area contributed by atoms with Gasteiger partial charge in [0.1, 0.15) is 0 Å². The number of ether oxygens (including phenoxy) is 1. The van der Waals surface area contributed by atoms with Crippen molar-refractivity contribution < 1.29 is 24.0 Å². The molecule has 2 aliphatic heterocycles. The molecule has 6 nitrogen and oxygen atoms in total. The number of imide groups is 1. The predicted molar refractivity (Wildman–Crippen MR) is 73.6 cm³/mol. The van der Waals surface area contributed by atoms with Gasteiger partial charge in [-0.05, 0) is 36.8 Å². The number of carbonyl (C=O) groups is 3. The van der Waals surface area contributed by atoms with Gasteiger partial charge in [-0.2, -0.15) is 0 Å². The predicted octanol–water partition coefficient (Wildman–Crippen LogP) is 1.41. The fourth-order valence-corrected chi connectivity index (χ4v) is 3.60. The van der Waals surface area contributed by atoms with Crippen LogP contribution in [0.5, 0.6) is 0 Å². The highest BCUT2D eigenvalue weighted by molar-refractivity contribution is 6.20. The number of amides is 2. The van der Waals surface area contributed by atoms with Crippen LogP contribution in [-0.4, -0.2) is 36.1 Å². The van der Waals surface area contributed by atoms with Crippen LogP contribution in [0.1, 0.15) is 33.6 Å². The molecule has 2 amide bonds. The summed E-state index contributed by atoms with van der Waals surface area (Å²) >= 11 is 0. The van der Waals surface area contributed by atoms with Gasteiger partial charge in [0, 0.05) is 13.2 Å². The third-order valence-corrected chi connectivity index (χ3v) is 4.78. The molecule has 1 saturated carbocycles. The summed E-state index contributed by atoms with van der Waals surface area (Å²) in [6.45, 7) is 1.36. The van der Waals surface area contributed by atoms with Crippen LogP contribution >= 0.6 is 0 Å². The van der Waals surface area contributed by atoms with E-state index in [4.69, 9.17) is 9.57 Å². The zero-order chi connectivity index (χ0) is 15.3. The number of fused-ring (bicyclic) bond motifs is 2. The average molecular weight is 301 g/mol. The first-order chi connectivity index (χ1) is 10.6. The number of benzene rings is 1. The van der Waals surface area contributed by atoms with Gasteiger partial charge in [-0.3, -0.25) is 9.59 Å². The van der Waals surface area contributed by atoms with Crippen molar-refractivity contribution in [3.63, 3.8) is 0 Å². The maximum absolute atomic E-state index is 12.3. The minimum absolute atomic E-state index is 0.261. The maximum atomic E-state index is 12.3. The molecular weight excluding hydrogens is 286 g/mol. The Morgan fingerprint density at radius 1 is 1.05 bits per heavy atom. The summed E-state index contributed by atoms with van der Waals surface area (Å²) in [5, 5.41) is 0.595. The summed E-state index contributed by atoms with van der Waals surface area (Å²) < 4.78 is 5.38. The molecular formula is C16H15NO5. The lowest BCUT2D eigenvalue weighted by atomic mass is 10.0. The molecule has 6 heteroatoms. The molecule has 2 unspecified atom stereocenters. The summed E-state index contributed by atoms with van der Waals surface area (Å²) in [5.74, 6) is -1.13. The lowest BCUT2D eigenvalue weighted by molar-refractivity contribution is -0.173. The molecule has 0 N–H and O–H groups in total. The molecule has 4 rings (SSSR count). The van der Waals surface area contributed by atoms with Crippen LogP contribution < -0.4 is 0 Å². The molecule has 0 radical (unpaired) electrons. The van der Waals surface area contributed by atoms with E-state index in [0.717, 1.165) is 0 Å². The Morgan fingerprint density at radius 2 is 1.59 bits per heavy atom. The molecule has 0 spiro atoms. The molecule has 1 aliphatic carbocycles. The smallest absolute Gasteiger partial charge is 0.336 e. The largest absolute Gasteiger partial charge is 0.381 e. The molecule has 1 aromatic rings. The molecule has 22 heavy (non-hydrogen) atoms. The summed E-state index contributed by atoms with van der Waals surface area (Å²) in [7, 11) is 0. The number of hydroxylamine groups is 2. The Bertz CT molecular complexity index is 623. The number of hydrogen-bond acceptors (Lipinski definition) is 5. The van der Waals surface area contributed by atoms with Crippen molar-refractivity contribution in [2.75, 3.05) is 13.2 Å². The first-order valence-corrected chi connectivity index (χ1v) is 7.42. The van der Waals surface area contributed by atoms with E-state index in [1.807, 2.05) is 0 Å². The third-order valence-electron chi connectivity index (χ3n) is 4.78. The van der Waals surface area contributed by atoms with Gasteiger partial charge in [-0.25, -0.2) is 4.79 Å². The number of nitrogens with zero attached hydrogens (tertiary/aromatic N) is 1. The Balaban J connectivity index is 1.47. The second-order valence-corrected chi connectivity index (χ2v) is 6.09. The van der Waals surface area contributed by atoms with E-state index in [0.29, 0.717) is 43.0 Å². The first kappa shape index (κ1) is 13.5. The molecule has 0 bridgehead atoms. The number of carbonyl (C=O) groups excluding carboxylic acids is 3. The maximum Gasteiger partial charge on any atom is 0.336 e. The summed E-state index contributed by atoms with van der Waals surface area (Å²) in [5.41, 5.74) is 0.550. The first-order valence-electron chi connectivity index (χ1n) is 7.42. The van der Waals surface area contributed by atoms with E-state index in [9.17, 15) is 14.4 Å². The van der Waals surface area contributed by atoms with E-state index in [1.165, 1.54) is 0 Å². The van der Waals surface area contributed by atoms with Crippen molar-refractivity contribution in [3.8, 4) is 0 Å². The standard InChI is InChI=1S/C16H15NO5/c18-14-12-3-1-2-4-13(12)15(19)17(14)22-16(20)9-5-10-7-21-8-11(10)6-9/h1-4,9-11H,5-8H2. The van der Waals surface area contributed by atoms with Crippen molar-refractivity contribution in [1.82, 2.24) is 5.06 Å². The summed E-state index contributed by atoms with van der Waals surface area (Å²) in [6, 6.07) is 6.46. The van der Waals surface area contributed by atoms with Crippen molar-refractivity contribution in [1.29, 1.82) is 0 Å². The van der Waals surface area contributed by atoms with E-state index < -0.39 is 17.8 Å². The third kappa shape index (κ3) is 1.94. The lowest BCUT2D eigenvalue weighted by Crippen LogP contribution is -2.34. The fourth-order valence-electron chi connectivity index (χ4n) is 3.60. The van der Waals surface area contributed by atoms with Gasteiger partial charge < -0.3 is 9.57 Å². The van der Waals surface area contributed by atoms with E-state index in [-0.39, 0.29) is 17.0 Å². The Kier molecular flexibility index (Phi) is 3.00. The van der Waals surface area contributed by atoms with Gasteiger partial charge in [0.15, 0.2) is 0 Å². The highest BCUT2D eigenvalue weighted by Crippen LogP contribution is 2.41. The zero-order valence-electron chi connectivity index (χ0n) is 11.9. The molecule has 2 fully saturated rings. The van der Waals surface area contributed by atoms with Crippen LogP contribution in [0.2, 0.25) is 0 Å². The second kappa shape index (κ2) is 4.91. The van der Waals surface area contributed by atoms with Crippen LogP contribution in [-0.2, 0) is 14.4 Å². The van der Waals surface area contributed by atoms with Gasteiger partial charge in [0.2, 0.25) is 0 Å². The van der Waals surface area contributed by atoms with Gasteiger partial charge in [-0.1, -0.05) is 17.2 Å². The van der Waals surface area contributed by atoms with Crippen molar-refractivity contribution in [2.24, 2.45) is 17.8 Å². The highest BCUT2D eigenvalue weighted by Gasteiger charge is 2.45.